The predicted octanol–water partition coefficient (Wildman–Crippen LogP) is 19.1. The number of rotatable bonds is 6. The van der Waals surface area contributed by atoms with E-state index in [9.17, 15) is 0 Å². The summed E-state index contributed by atoms with van der Waals surface area (Å²) in [6, 6.07) is 77.8. The molecule has 1 aliphatic rings. The van der Waals surface area contributed by atoms with Crippen molar-refractivity contribution in [1.82, 2.24) is 0 Å². The number of hydrogen-bond acceptors (Lipinski definition) is 2. The number of fused-ring (bicyclic) bond motifs is 15. The summed E-state index contributed by atoms with van der Waals surface area (Å²) in [4.78, 5) is 4.81. The lowest BCUT2D eigenvalue weighted by molar-refractivity contribution is 0.662. The molecule has 0 fully saturated rings. The van der Waals surface area contributed by atoms with Gasteiger partial charge >= 0.3 is 0 Å². The lowest BCUT2D eigenvalue weighted by atomic mass is 9.80. The van der Waals surface area contributed by atoms with Crippen LogP contribution in [0.15, 0.2) is 206 Å². The van der Waals surface area contributed by atoms with Gasteiger partial charge < -0.3 is 9.80 Å². The van der Waals surface area contributed by atoms with Gasteiger partial charge in [0, 0.05) is 39.5 Å². The van der Waals surface area contributed by atoms with Gasteiger partial charge in [0.25, 0.3) is 0 Å². The molecule has 2 heteroatoms. The minimum Gasteiger partial charge on any atom is -0.310 e. The van der Waals surface area contributed by atoms with E-state index in [1.807, 2.05) is 0 Å². The van der Waals surface area contributed by atoms with E-state index in [0.717, 1.165) is 34.1 Å². The van der Waals surface area contributed by atoms with Gasteiger partial charge in [0.1, 0.15) is 0 Å². The van der Waals surface area contributed by atoms with Crippen LogP contribution in [0.2, 0.25) is 0 Å². The lowest BCUT2D eigenvalue weighted by Crippen LogP contribution is -2.15. The van der Waals surface area contributed by atoms with Crippen LogP contribution in [0.25, 0.3) is 75.8 Å². The smallest absolute Gasteiger partial charge is 0.0468 e. The largest absolute Gasteiger partial charge is 0.310 e. The monoisotopic (exact) mass is 884 g/mol. The van der Waals surface area contributed by atoms with Crippen molar-refractivity contribution in [3.63, 3.8) is 0 Å². The molecular formula is C67H52N2. The second-order valence-corrected chi connectivity index (χ2v) is 20.1. The molecule has 12 aromatic carbocycles. The molecule has 12 aromatic rings. The molecule has 0 aliphatic heterocycles. The number of hydrogen-bond donors (Lipinski definition) is 0. The molecule has 13 rings (SSSR count). The highest BCUT2D eigenvalue weighted by Crippen LogP contribution is 2.54. The molecule has 0 aromatic heterocycles. The van der Waals surface area contributed by atoms with E-state index in [2.05, 4.69) is 258 Å². The lowest BCUT2D eigenvalue weighted by Gasteiger charge is -2.27. The fraction of sp³-hybridized carbons (Fsp3) is 0.104. The van der Waals surface area contributed by atoms with Crippen LogP contribution in [0.4, 0.5) is 34.1 Å². The Hall–Kier alpha value is -8.20. The van der Waals surface area contributed by atoms with Crippen LogP contribution in [-0.4, -0.2) is 0 Å². The van der Waals surface area contributed by atoms with E-state index in [1.54, 1.807) is 0 Å². The average Bonchev–Trinajstić information content (AvgIpc) is 3.57. The molecule has 0 N–H and O–H groups in total. The normalized spacial score (nSPS) is 12.9. The third-order valence-corrected chi connectivity index (χ3v) is 15.1. The standard InChI is InChI=1S/C67H52N2/c1-41-15-11-19-45(31-41)68(46-20-12-16-42(2)32-46)49-27-29-55-57(35-49)51-23-7-9-25-53(51)59-37-63-64-38-60-54-26-10-8-24-52(54)58-36-50(69(47-21-13-17-43(3)33-47)48-22-14-18-44(4)34-48)28-30-56(58)62(60)40-66(64)67(5,6)65(63)39-61(55)59/h7-40H,1-6H3. The highest BCUT2D eigenvalue weighted by atomic mass is 15.1. The van der Waals surface area contributed by atoms with Crippen LogP contribution in [-0.2, 0) is 5.41 Å². The molecule has 330 valence electrons. The number of benzene rings is 12. The predicted molar refractivity (Wildman–Crippen MR) is 297 cm³/mol. The minimum absolute atomic E-state index is 0.233. The summed E-state index contributed by atoms with van der Waals surface area (Å²) in [7, 11) is 0. The van der Waals surface area contributed by atoms with Gasteiger partial charge in [-0.25, -0.2) is 0 Å². The first kappa shape index (κ1) is 41.0. The van der Waals surface area contributed by atoms with Crippen LogP contribution >= 0.6 is 0 Å². The van der Waals surface area contributed by atoms with Crippen LogP contribution in [0.5, 0.6) is 0 Å². The zero-order valence-corrected chi connectivity index (χ0v) is 40.0. The van der Waals surface area contributed by atoms with Gasteiger partial charge in [-0.15, -0.1) is 0 Å². The summed E-state index contributed by atoms with van der Waals surface area (Å²) >= 11 is 0. The van der Waals surface area contributed by atoms with Crippen LogP contribution < -0.4 is 9.80 Å². The van der Waals surface area contributed by atoms with Crippen molar-refractivity contribution in [2.45, 2.75) is 47.0 Å². The van der Waals surface area contributed by atoms with Crippen molar-refractivity contribution in [2.24, 2.45) is 0 Å². The Morgan fingerprint density at radius 2 is 0.522 bits per heavy atom. The van der Waals surface area contributed by atoms with E-state index in [0.29, 0.717) is 0 Å². The molecule has 0 atom stereocenters. The quantitative estimate of drug-likeness (QED) is 0.154. The topological polar surface area (TPSA) is 6.48 Å². The first-order valence-corrected chi connectivity index (χ1v) is 24.3. The highest BCUT2D eigenvalue weighted by molar-refractivity contribution is 6.29. The zero-order chi connectivity index (χ0) is 46.7. The Balaban J connectivity index is 1.01. The first-order chi connectivity index (χ1) is 33.6. The first-order valence-electron chi connectivity index (χ1n) is 24.3. The summed E-state index contributed by atoms with van der Waals surface area (Å²) in [5.74, 6) is 0. The number of anilines is 6. The maximum atomic E-state index is 2.54. The molecule has 69 heavy (non-hydrogen) atoms. The van der Waals surface area contributed by atoms with Crippen molar-refractivity contribution in [3.8, 4) is 11.1 Å². The fourth-order valence-electron chi connectivity index (χ4n) is 11.8. The van der Waals surface area contributed by atoms with Gasteiger partial charge in [0.2, 0.25) is 0 Å². The van der Waals surface area contributed by atoms with E-state index in [1.165, 1.54) is 109 Å². The number of nitrogens with zero attached hydrogens (tertiary/aromatic N) is 2. The van der Waals surface area contributed by atoms with E-state index < -0.39 is 0 Å². The van der Waals surface area contributed by atoms with Crippen LogP contribution in [0.1, 0.15) is 47.2 Å². The van der Waals surface area contributed by atoms with Gasteiger partial charge in [-0.3, -0.25) is 0 Å². The van der Waals surface area contributed by atoms with Gasteiger partial charge in [0.05, 0.1) is 0 Å². The summed E-state index contributed by atoms with van der Waals surface area (Å²) in [6.45, 7) is 13.6. The fourth-order valence-corrected chi connectivity index (χ4v) is 11.8. The van der Waals surface area contributed by atoms with Crippen molar-refractivity contribution >= 4 is 98.8 Å². The second-order valence-electron chi connectivity index (χ2n) is 20.1. The summed E-state index contributed by atoms with van der Waals surface area (Å²) in [5.41, 5.74) is 17.1. The molecule has 0 unspecified atom stereocenters. The van der Waals surface area contributed by atoms with E-state index >= 15 is 0 Å². The van der Waals surface area contributed by atoms with Crippen molar-refractivity contribution in [3.05, 3.63) is 240 Å². The molecule has 0 radical (unpaired) electrons. The summed E-state index contributed by atoms with van der Waals surface area (Å²) in [5, 5.41) is 15.4. The Bertz CT molecular complexity index is 3760. The van der Waals surface area contributed by atoms with Gasteiger partial charge in [0.15, 0.2) is 0 Å². The molecule has 1 aliphatic carbocycles. The third kappa shape index (κ3) is 6.46. The maximum absolute atomic E-state index is 2.54. The van der Waals surface area contributed by atoms with Crippen molar-refractivity contribution in [1.29, 1.82) is 0 Å². The van der Waals surface area contributed by atoms with Crippen molar-refractivity contribution in [2.75, 3.05) is 9.80 Å². The van der Waals surface area contributed by atoms with Crippen molar-refractivity contribution < 1.29 is 0 Å². The third-order valence-electron chi connectivity index (χ3n) is 15.1. The Morgan fingerprint density at radius 3 is 0.841 bits per heavy atom. The van der Waals surface area contributed by atoms with Gasteiger partial charge in [-0.1, -0.05) is 123 Å². The zero-order valence-electron chi connectivity index (χ0n) is 40.0. The van der Waals surface area contributed by atoms with E-state index in [-0.39, 0.29) is 5.41 Å². The van der Waals surface area contributed by atoms with Gasteiger partial charge in [-0.2, -0.15) is 0 Å². The maximum Gasteiger partial charge on any atom is 0.0468 e. The Kier molecular flexibility index (Phi) is 9.17. The molecule has 0 bridgehead atoms. The van der Waals surface area contributed by atoms with Crippen LogP contribution in [0, 0.1) is 27.7 Å². The minimum atomic E-state index is -0.233. The summed E-state index contributed by atoms with van der Waals surface area (Å²) in [6.07, 6.45) is 0. The molecular weight excluding hydrogens is 833 g/mol. The van der Waals surface area contributed by atoms with Gasteiger partial charge in [-0.05, 0) is 234 Å². The molecule has 2 nitrogen and oxygen atoms in total. The molecule has 0 saturated carbocycles. The van der Waals surface area contributed by atoms with Crippen LogP contribution in [0.3, 0.4) is 0 Å². The molecule has 0 saturated heterocycles. The number of aryl methyl sites for hydroxylation is 4. The molecule has 0 heterocycles. The highest BCUT2D eigenvalue weighted by Gasteiger charge is 2.37. The molecule has 0 spiro atoms. The Labute approximate surface area is 404 Å². The Morgan fingerprint density at radius 1 is 0.246 bits per heavy atom. The SMILES string of the molecule is Cc1cccc(N(c2cccc(C)c2)c2ccc3c(c2)c2ccccc2c2cc4c(cc32)C(C)(C)c2cc3c5ccc(N(c6cccc(C)c6)c6cccc(C)c6)cc5c5ccccc5c3cc2-4)c1. The second kappa shape index (κ2) is 15.4. The summed E-state index contributed by atoms with van der Waals surface area (Å²) < 4.78 is 0. The van der Waals surface area contributed by atoms with E-state index in [4.69, 9.17) is 0 Å². The average molecular weight is 885 g/mol. The molecule has 0 amide bonds.